The second-order valence-corrected chi connectivity index (χ2v) is 8.10. The molecule has 3 aromatic rings. The molecule has 0 bridgehead atoms. The summed E-state index contributed by atoms with van der Waals surface area (Å²) in [6.45, 7) is 1.47. The number of rotatable bonds is 3. The van der Waals surface area contributed by atoms with Crippen LogP contribution in [0.3, 0.4) is 0 Å². The SMILES string of the molecule is O[C@@H]1C[C@H]2CN(c3ncc4cc[nH]c4n3)C[C@H]2C[C@H]1Oc1cccc(C(F)(F)F)c1. The number of aromatic nitrogens is 3. The van der Waals surface area contributed by atoms with Gasteiger partial charge in [0.2, 0.25) is 5.95 Å². The number of aliphatic hydroxyl groups is 1. The second kappa shape index (κ2) is 7.16. The van der Waals surface area contributed by atoms with Gasteiger partial charge < -0.3 is 19.7 Å². The summed E-state index contributed by atoms with van der Waals surface area (Å²) in [7, 11) is 0. The van der Waals surface area contributed by atoms with Crippen LogP contribution in [0.25, 0.3) is 11.0 Å². The van der Waals surface area contributed by atoms with E-state index in [2.05, 4.69) is 19.9 Å². The minimum absolute atomic E-state index is 0.128. The van der Waals surface area contributed by atoms with E-state index in [0.717, 1.165) is 36.3 Å². The van der Waals surface area contributed by atoms with Crippen molar-refractivity contribution >= 4 is 17.0 Å². The largest absolute Gasteiger partial charge is 0.488 e. The van der Waals surface area contributed by atoms with Crippen LogP contribution < -0.4 is 9.64 Å². The highest BCUT2D eigenvalue weighted by Crippen LogP contribution is 2.39. The molecule has 1 aliphatic heterocycles. The van der Waals surface area contributed by atoms with Crippen molar-refractivity contribution in [1.29, 1.82) is 0 Å². The van der Waals surface area contributed by atoms with Gasteiger partial charge >= 0.3 is 6.18 Å². The van der Waals surface area contributed by atoms with Crippen LogP contribution >= 0.6 is 0 Å². The number of halogens is 3. The van der Waals surface area contributed by atoms with E-state index in [0.29, 0.717) is 18.8 Å². The third kappa shape index (κ3) is 3.58. The molecule has 1 aromatic carbocycles. The quantitative estimate of drug-likeness (QED) is 0.680. The lowest BCUT2D eigenvalue weighted by Crippen LogP contribution is -2.42. The van der Waals surface area contributed by atoms with Gasteiger partial charge in [-0.3, -0.25) is 0 Å². The zero-order valence-electron chi connectivity index (χ0n) is 16.0. The number of nitrogens with one attached hydrogen (secondary N) is 1. The first kappa shape index (κ1) is 19.2. The Morgan fingerprint density at radius 1 is 1.13 bits per heavy atom. The Hall–Kier alpha value is -2.81. The van der Waals surface area contributed by atoms with E-state index in [1.807, 2.05) is 12.3 Å². The highest BCUT2D eigenvalue weighted by molar-refractivity contribution is 5.75. The normalized spacial score (nSPS) is 26.7. The lowest BCUT2D eigenvalue weighted by Gasteiger charge is -2.35. The number of fused-ring (bicyclic) bond motifs is 2. The van der Waals surface area contributed by atoms with Crippen molar-refractivity contribution in [2.24, 2.45) is 11.8 Å². The number of aromatic amines is 1. The number of aliphatic hydroxyl groups excluding tert-OH is 1. The first-order chi connectivity index (χ1) is 14.4. The van der Waals surface area contributed by atoms with E-state index < -0.39 is 23.9 Å². The lowest BCUT2D eigenvalue weighted by atomic mass is 9.78. The van der Waals surface area contributed by atoms with Crippen molar-refractivity contribution in [3.05, 3.63) is 48.3 Å². The van der Waals surface area contributed by atoms with Gasteiger partial charge in [0.25, 0.3) is 0 Å². The molecule has 9 heteroatoms. The van der Waals surface area contributed by atoms with E-state index in [4.69, 9.17) is 4.74 Å². The number of nitrogens with zero attached hydrogens (tertiary/aromatic N) is 3. The fourth-order valence-electron chi connectivity index (χ4n) is 4.58. The summed E-state index contributed by atoms with van der Waals surface area (Å²) >= 11 is 0. The number of alkyl halides is 3. The number of H-pyrrole nitrogens is 1. The summed E-state index contributed by atoms with van der Waals surface area (Å²) < 4.78 is 44.7. The summed E-state index contributed by atoms with van der Waals surface area (Å²) in [6.07, 6.45) is -0.987. The van der Waals surface area contributed by atoms with Crippen molar-refractivity contribution < 1.29 is 23.0 Å². The van der Waals surface area contributed by atoms with Gasteiger partial charge in [0.15, 0.2) is 0 Å². The van der Waals surface area contributed by atoms with Crippen LogP contribution in [-0.2, 0) is 6.18 Å². The maximum absolute atomic E-state index is 13.0. The minimum Gasteiger partial charge on any atom is -0.488 e. The molecular formula is C21H21F3N4O2. The highest BCUT2D eigenvalue weighted by Gasteiger charge is 2.43. The molecule has 1 saturated carbocycles. The first-order valence-corrected chi connectivity index (χ1v) is 9.94. The second-order valence-electron chi connectivity index (χ2n) is 8.10. The van der Waals surface area contributed by atoms with Crippen LogP contribution in [0, 0.1) is 11.8 Å². The first-order valence-electron chi connectivity index (χ1n) is 9.94. The monoisotopic (exact) mass is 418 g/mol. The zero-order chi connectivity index (χ0) is 20.9. The summed E-state index contributed by atoms with van der Waals surface area (Å²) in [5.41, 5.74) is 0.0211. The molecule has 30 heavy (non-hydrogen) atoms. The average molecular weight is 418 g/mol. The van der Waals surface area contributed by atoms with Crippen LogP contribution in [0.4, 0.5) is 19.1 Å². The van der Waals surface area contributed by atoms with Gasteiger partial charge in [-0.15, -0.1) is 0 Å². The van der Waals surface area contributed by atoms with Gasteiger partial charge in [0.1, 0.15) is 17.5 Å². The third-order valence-electron chi connectivity index (χ3n) is 6.10. The van der Waals surface area contributed by atoms with Gasteiger partial charge in [0.05, 0.1) is 11.7 Å². The van der Waals surface area contributed by atoms with Crippen molar-refractivity contribution in [2.45, 2.75) is 31.2 Å². The number of hydrogen-bond acceptors (Lipinski definition) is 5. The molecular weight excluding hydrogens is 397 g/mol. The van der Waals surface area contributed by atoms with Crippen molar-refractivity contribution in [3.8, 4) is 5.75 Å². The molecule has 0 amide bonds. The van der Waals surface area contributed by atoms with Crippen LogP contribution in [0.5, 0.6) is 5.75 Å². The highest BCUT2D eigenvalue weighted by atomic mass is 19.4. The third-order valence-corrected chi connectivity index (χ3v) is 6.10. The molecule has 0 radical (unpaired) electrons. The van der Waals surface area contributed by atoms with Crippen molar-refractivity contribution in [2.75, 3.05) is 18.0 Å². The molecule has 0 unspecified atom stereocenters. The molecule has 1 saturated heterocycles. The topological polar surface area (TPSA) is 74.3 Å². The summed E-state index contributed by atoms with van der Waals surface area (Å²) in [5, 5.41) is 11.5. The van der Waals surface area contributed by atoms with Gasteiger partial charge in [-0.25, -0.2) is 4.98 Å². The molecule has 1 aliphatic carbocycles. The molecule has 3 heterocycles. The summed E-state index contributed by atoms with van der Waals surface area (Å²) in [6, 6.07) is 6.72. The number of hydrogen-bond donors (Lipinski definition) is 2. The average Bonchev–Trinajstić information content (AvgIpc) is 3.33. The Bertz CT molecular complexity index is 1050. The molecule has 158 valence electrons. The van der Waals surface area contributed by atoms with E-state index in [1.165, 1.54) is 12.1 Å². The smallest absolute Gasteiger partial charge is 0.416 e. The Kier molecular flexibility index (Phi) is 4.57. The predicted octanol–water partition coefficient (Wildman–Crippen LogP) is 3.63. The molecule has 6 nitrogen and oxygen atoms in total. The Morgan fingerprint density at radius 3 is 2.73 bits per heavy atom. The van der Waals surface area contributed by atoms with Crippen LogP contribution in [0.15, 0.2) is 42.7 Å². The fourth-order valence-corrected chi connectivity index (χ4v) is 4.58. The Morgan fingerprint density at radius 2 is 1.93 bits per heavy atom. The van der Waals surface area contributed by atoms with E-state index in [9.17, 15) is 18.3 Å². The Balaban J connectivity index is 1.29. The number of ether oxygens (including phenoxy) is 1. The van der Waals surface area contributed by atoms with Crippen LogP contribution in [0.1, 0.15) is 18.4 Å². The molecule has 2 aliphatic rings. The van der Waals surface area contributed by atoms with Crippen molar-refractivity contribution in [3.63, 3.8) is 0 Å². The molecule has 2 N–H and O–H groups in total. The maximum Gasteiger partial charge on any atom is 0.416 e. The molecule has 2 fully saturated rings. The fraction of sp³-hybridized carbons (Fsp3) is 0.429. The lowest BCUT2D eigenvalue weighted by molar-refractivity contribution is -0.137. The van der Waals surface area contributed by atoms with E-state index in [-0.39, 0.29) is 17.6 Å². The molecule has 2 aromatic heterocycles. The van der Waals surface area contributed by atoms with Crippen molar-refractivity contribution in [1.82, 2.24) is 15.0 Å². The molecule has 5 rings (SSSR count). The summed E-state index contributed by atoms with van der Waals surface area (Å²) in [5.74, 6) is 1.29. The standard InChI is InChI=1S/C21H21F3N4O2/c22-21(23,24)15-2-1-3-16(8-15)30-18-7-14-11-28(10-13(14)6-17(18)29)20-26-9-12-4-5-25-19(12)27-20/h1-5,8-9,13-14,17-18,29H,6-7,10-11H2,(H,25,26,27)/t13-,14+,17+,18+/m0/s1. The summed E-state index contributed by atoms with van der Waals surface area (Å²) in [4.78, 5) is 14.2. The van der Waals surface area contributed by atoms with Crippen LogP contribution in [-0.4, -0.2) is 45.4 Å². The Labute approximate surface area is 170 Å². The number of anilines is 1. The van der Waals surface area contributed by atoms with Gasteiger partial charge in [-0.05, 0) is 48.9 Å². The van der Waals surface area contributed by atoms with Gasteiger partial charge in [0, 0.05) is 30.9 Å². The van der Waals surface area contributed by atoms with Gasteiger partial charge in [-0.2, -0.15) is 18.2 Å². The number of benzene rings is 1. The zero-order valence-corrected chi connectivity index (χ0v) is 16.0. The molecule has 0 spiro atoms. The predicted molar refractivity (Wildman–Crippen MR) is 104 cm³/mol. The van der Waals surface area contributed by atoms with E-state index >= 15 is 0 Å². The maximum atomic E-state index is 13.0. The minimum atomic E-state index is -4.43. The van der Waals surface area contributed by atoms with Crippen LogP contribution in [0.2, 0.25) is 0 Å². The van der Waals surface area contributed by atoms with E-state index in [1.54, 1.807) is 6.20 Å². The van der Waals surface area contributed by atoms with Gasteiger partial charge in [-0.1, -0.05) is 6.07 Å². The molecule has 4 atom stereocenters.